The van der Waals surface area contributed by atoms with Gasteiger partial charge in [0.1, 0.15) is 5.82 Å². The maximum atomic E-state index is 11.1. The zero-order valence-corrected chi connectivity index (χ0v) is 10.6. The SMILES string of the molecule is CNC1CCC(Nc2cc(C(N)=O)ccn2)CC1. The average molecular weight is 248 g/mol. The van der Waals surface area contributed by atoms with Crippen LogP contribution in [0, 0.1) is 0 Å². The van der Waals surface area contributed by atoms with Crippen molar-refractivity contribution in [2.45, 2.75) is 37.8 Å². The Balaban J connectivity index is 1.94. The molecule has 0 saturated heterocycles. The van der Waals surface area contributed by atoms with Gasteiger partial charge in [0.2, 0.25) is 5.91 Å². The highest BCUT2D eigenvalue weighted by atomic mass is 16.1. The molecule has 1 aromatic heterocycles. The minimum absolute atomic E-state index is 0.417. The molecule has 0 aromatic carbocycles. The smallest absolute Gasteiger partial charge is 0.248 e. The Kier molecular flexibility index (Phi) is 4.15. The van der Waals surface area contributed by atoms with E-state index in [2.05, 4.69) is 15.6 Å². The molecule has 0 radical (unpaired) electrons. The van der Waals surface area contributed by atoms with Crippen LogP contribution in [0.4, 0.5) is 5.82 Å². The van der Waals surface area contributed by atoms with E-state index in [0.717, 1.165) is 18.7 Å². The lowest BCUT2D eigenvalue weighted by Crippen LogP contribution is -2.35. The molecule has 0 bridgehead atoms. The van der Waals surface area contributed by atoms with E-state index in [1.54, 1.807) is 18.3 Å². The van der Waals surface area contributed by atoms with Crippen LogP contribution < -0.4 is 16.4 Å². The van der Waals surface area contributed by atoms with E-state index in [1.165, 1.54) is 12.8 Å². The van der Waals surface area contributed by atoms with E-state index in [-0.39, 0.29) is 0 Å². The van der Waals surface area contributed by atoms with E-state index in [0.29, 0.717) is 17.6 Å². The Morgan fingerprint density at radius 2 is 2.00 bits per heavy atom. The Bertz CT molecular complexity index is 413. The average Bonchev–Trinajstić information content (AvgIpc) is 2.40. The predicted octanol–water partition coefficient (Wildman–Crippen LogP) is 1.12. The van der Waals surface area contributed by atoms with Crippen molar-refractivity contribution in [1.29, 1.82) is 0 Å². The van der Waals surface area contributed by atoms with Crippen molar-refractivity contribution in [3.63, 3.8) is 0 Å². The maximum Gasteiger partial charge on any atom is 0.248 e. The number of amides is 1. The lowest BCUT2D eigenvalue weighted by molar-refractivity contribution is 0.1000. The van der Waals surface area contributed by atoms with E-state index >= 15 is 0 Å². The summed E-state index contributed by atoms with van der Waals surface area (Å²) in [5, 5.41) is 6.68. The van der Waals surface area contributed by atoms with Gasteiger partial charge in [-0.15, -0.1) is 0 Å². The van der Waals surface area contributed by atoms with E-state index < -0.39 is 5.91 Å². The molecule has 1 amide bonds. The first-order valence-electron chi connectivity index (χ1n) is 6.38. The number of aromatic nitrogens is 1. The molecule has 5 heteroatoms. The van der Waals surface area contributed by atoms with Crippen LogP contribution in [0.1, 0.15) is 36.0 Å². The molecular weight excluding hydrogens is 228 g/mol. The number of anilines is 1. The van der Waals surface area contributed by atoms with E-state index in [4.69, 9.17) is 5.73 Å². The molecule has 2 rings (SSSR count). The van der Waals surface area contributed by atoms with Gasteiger partial charge >= 0.3 is 0 Å². The number of rotatable bonds is 4. The van der Waals surface area contributed by atoms with Gasteiger partial charge in [-0.1, -0.05) is 0 Å². The minimum atomic E-state index is -0.417. The molecular formula is C13H20N4O. The second-order valence-electron chi connectivity index (χ2n) is 4.78. The normalized spacial score (nSPS) is 23.6. The third kappa shape index (κ3) is 3.20. The van der Waals surface area contributed by atoms with Crippen molar-refractivity contribution in [2.24, 2.45) is 5.73 Å². The summed E-state index contributed by atoms with van der Waals surface area (Å²) in [7, 11) is 2.01. The van der Waals surface area contributed by atoms with Crippen molar-refractivity contribution in [2.75, 3.05) is 12.4 Å². The summed E-state index contributed by atoms with van der Waals surface area (Å²) in [5.41, 5.74) is 5.75. The number of carbonyl (C=O) groups is 1. The number of carbonyl (C=O) groups excluding carboxylic acids is 1. The molecule has 1 fully saturated rings. The Hall–Kier alpha value is -1.62. The fraction of sp³-hybridized carbons (Fsp3) is 0.538. The molecule has 1 aliphatic carbocycles. The summed E-state index contributed by atoms with van der Waals surface area (Å²) < 4.78 is 0. The largest absolute Gasteiger partial charge is 0.367 e. The van der Waals surface area contributed by atoms with Crippen LogP contribution in [0.15, 0.2) is 18.3 Å². The van der Waals surface area contributed by atoms with Crippen molar-refractivity contribution in [3.05, 3.63) is 23.9 Å². The molecule has 4 N–H and O–H groups in total. The molecule has 0 atom stereocenters. The van der Waals surface area contributed by atoms with Gasteiger partial charge in [-0.3, -0.25) is 4.79 Å². The van der Waals surface area contributed by atoms with Crippen LogP contribution in [0.25, 0.3) is 0 Å². The first-order valence-corrected chi connectivity index (χ1v) is 6.38. The molecule has 1 aromatic rings. The van der Waals surface area contributed by atoms with Gasteiger partial charge in [0, 0.05) is 23.8 Å². The van der Waals surface area contributed by atoms with Gasteiger partial charge in [-0.2, -0.15) is 0 Å². The van der Waals surface area contributed by atoms with Crippen LogP contribution in [0.5, 0.6) is 0 Å². The zero-order valence-electron chi connectivity index (χ0n) is 10.6. The first-order chi connectivity index (χ1) is 8.69. The number of hydrogen-bond acceptors (Lipinski definition) is 4. The third-order valence-electron chi connectivity index (χ3n) is 3.53. The van der Waals surface area contributed by atoms with Crippen molar-refractivity contribution < 1.29 is 4.79 Å². The van der Waals surface area contributed by atoms with Crippen LogP contribution in [0.3, 0.4) is 0 Å². The molecule has 1 saturated carbocycles. The van der Waals surface area contributed by atoms with Crippen LogP contribution in [-0.4, -0.2) is 30.0 Å². The summed E-state index contributed by atoms with van der Waals surface area (Å²) in [4.78, 5) is 15.3. The number of nitrogens with one attached hydrogen (secondary N) is 2. The summed E-state index contributed by atoms with van der Waals surface area (Å²) in [6, 6.07) is 4.41. The zero-order chi connectivity index (χ0) is 13.0. The maximum absolute atomic E-state index is 11.1. The van der Waals surface area contributed by atoms with Crippen molar-refractivity contribution in [3.8, 4) is 0 Å². The molecule has 0 spiro atoms. The van der Waals surface area contributed by atoms with Crippen LogP contribution in [0.2, 0.25) is 0 Å². The molecule has 98 valence electrons. The van der Waals surface area contributed by atoms with Gasteiger partial charge in [-0.25, -0.2) is 4.98 Å². The Morgan fingerprint density at radius 1 is 1.33 bits per heavy atom. The van der Waals surface area contributed by atoms with Gasteiger partial charge in [0.25, 0.3) is 0 Å². The summed E-state index contributed by atoms with van der Waals surface area (Å²) in [6.45, 7) is 0. The van der Waals surface area contributed by atoms with Crippen LogP contribution in [-0.2, 0) is 0 Å². The quantitative estimate of drug-likeness (QED) is 0.746. The van der Waals surface area contributed by atoms with E-state index in [9.17, 15) is 4.79 Å². The third-order valence-corrected chi connectivity index (χ3v) is 3.53. The molecule has 0 aliphatic heterocycles. The summed E-state index contributed by atoms with van der Waals surface area (Å²) in [6.07, 6.45) is 6.19. The van der Waals surface area contributed by atoms with Gasteiger partial charge in [-0.05, 0) is 44.9 Å². The number of nitrogens with zero attached hydrogens (tertiary/aromatic N) is 1. The molecule has 1 aliphatic rings. The number of nitrogens with two attached hydrogens (primary N) is 1. The molecule has 5 nitrogen and oxygen atoms in total. The van der Waals surface area contributed by atoms with Gasteiger partial charge in [0.15, 0.2) is 0 Å². The van der Waals surface area contributed by atoms with Crippen molar-refractivity contribution in [1.82, 2.24) is 10.3 Å². The first kappa shape index (κ1) is 12.8. The Labute approximate surface area is 107 Å². The second kappa shape index (κ2) is 5.82. The van der Waals surface area contributed by atoms with Crippen LogP contribution >= 0.6 is 0 Å². The molecule has 1 heterocycles. The monoisotopic (exact) mass is 248 g/mol. The second-order valence-corrected chi connectivity index (χ2v) is 4.78. The minimum Gasteiger partial charge on any atom is -0.367 e. The number of hydrogen-bond donors (Lipinski definition) is 3. The summed E-state index contributed by atoms with van der Waals surface area (Å²) >= 11 is 0. The lowest BCUT2D eigenvalue weighted by Gasteiger charge is -2.29. The summed E-state index contributed by atoms with van der Waals surface area (Å²) in [5.74, 6) is 0.318. The predicted molar refractivity (Wildman–Crippen MR) is 71.5 cm³/mol. The van der Waals surface area contributed by atoms with E-state index in [1.807, 2.05) is 7.05 Å². The molecule has 0 unspecified atom stereocenters. The number of primary amides is 1. The highest BCUT2D eigenvalue weighted by Crippen LogP contribution is 2.21. The van der Waals surface area contributed by atoms with Gasteiger partial charge in [0.05, 0.1) is 0 Å². The highest BCUT2D eigenvalue weighted by molar-refractivity contribution is 5.93. The van der Waals surface area contributed by atoms with Crippen molar-refractivity contribution >= 4 is 11.7 Å². The lowest BCUT2D eigenvalue weighted by atomic mass is 9.91. The standard InChI is InChI=1S/C13H20N4O/c1-15-10-2-4-11(5-3-10)17-12-8-9(13(14)18)6-7-16-12/h6-8,10-11,15H,2-5H2,1H3,(H2,14,18)(H,16,17). The topological polar surface area (TPSA) is 80.0 Å². The fourth-order valence-electron chi connectivity index (χ4n) is 2.40. The Morgan fingerprint density at radius 3 is 2.61 bits per heavy atom. The van der Waals surface area contributed by atoms with Gasteiger partial charge < -0.3 is 16.4 Å². The fourth-order valence-corrected chi connectivity index (χ4v) is 2.40. The highest BCUT2D eigenvalue weighted by Gasteiger charge is 2.20. The molecule has 18 heavy (non-hydrogen) atoms. The number of pyridine rings is 1.